The second-order valence-electron chi connectivity index (χ2n) is 2.87. The molecule has 0 amide bonds. The Bertz CT molecular complexity index is 269. The van der Waals surface area contributed by atoms with Crippen LogP contribution in [0.5, 0.6) is 0 Å². The molecule has 0 radical (unpaired) electrons. The Labute approximate surface area is 99.9 Å². The predicted molar refractivity (Wildman–Crippen MR) is 72.3 cm³/mol. The van der Waals surface area contributed by atoms with Crippen molar-refractivity contribution >= 4 is 39.3 Å². The molecule has 1 rings (SSSR count). The van der Waals surface area contributed by atoms with Gasteiger partial charge in [0, 0.05) is 4.90 Å². The minimum Gasteiger partial charge on any atom is -0.107 e. The summed E-state index contributed by atoms with van der Waals surface area (Å²) in [5, 5.41) is 0. The Morgan fingerprint density at radius 3 is 2.64 bits per heavy atom. The monoisotopic (exact) mass is 242 g/mol. The zero-order valence-corrected chi connectivity index (χ0v) is 10.7. The largest absolute Gasteiger partial charge is 0.109 e. The molecule has 1 aromatic rings. The van der Waals surface area contributed by atoms with Crippen molar-refractivity contribution in [2.24, 2.45) is 0 Å². The van der Waals surface area contributed by atoms with E-state index in [4.69, 9.17) is 12.2 Å². The molecular formula is C11H14S3. The molecule has 0 spiro atoms. The smallest absolute Gasteiger partial charge is 0.107 e. The topological polar surface area (TPSA) is 0 Å². The van der Waals surface area contributed by atoms with Gasteiger partial charge in [-0.3, -0.25) is 0 Å². The number of benzene rings is 1. The van der Waals surface area contributed by atoms with E-state index in [0.29, 0.717) is 0 Å². The van der Waals surface area contributed by atoms with E-state index >= 15 is 0 Å². The second-order valence-corrected chi connectivity index (χ2v) is 6.24. The summed E-state index contributed by atoms with van der Waals surface area (Å²) >= 11 is 8.75. The molecule has 0 aliphatic carbocycles. The molecule has 0 unspecified atom stereocenters. The maximum Gasteiger partial charge on any atom is 0.109 e. The van der Waals surface area contributed by atoms with Crippen molar-refractivity contribution in [1.82, 2.24) is 0 Å². The van der Waals surface area contributed by atoms with Gasteiger partial charge in [0.2, 0.25) is 0 Å². The summed E-state index contributed by atoms with van der Waals surface area (Å²) < 4.78 is 1.03. The minimum absolute atomic E-state index is 1.03. The Morgan fingerprint density at radius 1 is 1.29 bits per heavy atom. The number of unbranched alkanes of at least 4 members (excludes halogenated alkanes) is 1. The van der Waals surface area contributed by atoms with Gasteiger partial charge in [-0.2, -0.15) is 0 Å². The van der Waals surface area contributed by atoms with Crippen LogP contribution in [0, 0.1) is 0 Å². The zero-order chi connectivity index (χ0) is 10.2. The van der Waals surface area contributed by atoms with Gasteiger partial charge in [-0.05, 0) is 24.3 Å². The molecule has 0 nitrogen and oxygen atoms in total. The Morgan fingerprint density at radius 2 is 2.00 bits per heavy atom. The standard InChI is InChI=1S/C11H14S3/c1-2-3-9-13-11(12)14-10-7-5-4-6-8-10/h4-8H,2-3,9H2,1H3. The highest BCUT2D eigenvalue weighted by Crippen LogP contribution is 2.26. The number of thioether (sulfide) groups is 2. The lowest BCUT2D eigenvalue weighted by Gasteiger charge is -2.02. The molecule has 0 atom stereocenters. The van der Waals surface area contributed by atoms with Gasteiger partial charge in [-0.25, -0.2) is 0 Å². The number of rotatable bonds is 4. The molecule has 3 heteroatoms. The van der Waals surface area contributed by atoms with Gasteiger partial charge in [-0.1, -0.05) is 55.5 Å². The molecule has 0 heterocycles. The van der Waals surface area contributed by atoms with Crippen LogP contribution < -0.4 is 0 Å². The van der Waals surface area contributed by atoms with E-state index in [0.717, 1.165) is 9.28 Å². The first-order valence-corrected chi connectivity index (χ1v) is 6.93. The molecule has 0 aliphatic heterocycles. The van der Waals surface area contributed by atoms with E-state index in [1.54, 1.807) is 23.5 Å². The number of hydrogen-bond acceptors (Lipinski definition) is 3. The third-order valence-corrected chi connectivity index (χ3v) is 4.27. The Hall–Kier alpha value is 0.01000. The van der Waals surface area contributed by atoms with Crippen molar-refractivity contribution in [2.75, 3.05) is 5.75 Å². The van der Waals surface area contributed by atoms with Gasteiger partial charge in [-0.15, -0.1) is 11.8 Å². The van der Waals surface area contributed by atoms with E-state index < -0.39 is 0 Å². The first kappa shape index (κ1) is 12.1. The molecule has 0 N–H and O–H groups in total. The summed E-state index contributed by atoms with van der Waals surface area (Å²) in [5.74, 6) is 1.15. The first-order valence-electron chi connectivity index (χ1n) is 4.72. The van der Waals surface area contributed by atoms with Crippen molar-refractivity contribution in [3.05, 3.63) is 30.3 Å². The SMILES string of the molecule is CCCCSC(=S)Sc1ccccc1. The van der Waals surface area contributed by atoms with E-state index in [1.807, 2.05) is 18.2 Å². The van der Waals surface area contributed by atoms with E-state index in [1.165, 1.54) is 17.7 Å². The van der Waals surface area contributed by atoms with Crippen LogP contribution in [0.15, 0.2) is 35.2 Å². The van der Waals surface area contributed by atoms with Crippen molar-refractivity contribution in [2.45, 2.75) is 24.7 Å². The van der Waals surface area contributed by atoms with E-state index in [-0.39, 0.29) is 0 Å². The summed E-state index contributed by atoms with van der Waals surface area (Å²) in [6, 6.07) is 10.3. The van der Waals surface area contributed by atoms with Crippen molar-refractivity contribution in [1.29, 1.82) is 0 Å². The molecule has 0 fully saturated rings. The molecule has 0 saturated carbocycles. The molecule has 1 aromatic carbocycles. The first-order chi connectivity index (χ1) is 6.83. The molecule has 76 valence electrons. The molecule has 0 aliphatic rings. The van der Waals surface area contributed by atoms with Crippen LogP contribution >= 0.6 is 35.7 Å². The van der Waals surface area contributed by atoms with Crippen LogP contribution in [-0.2, 0) is 0 Å². The van der Waals surface area contributed by atoms with Crippen LogP contribution in [-0.4, -0.2) is 9.28 Å². The van der Waals surface area contributed by atoms with Gasteiger partial charge in [0.1, 0.15) is 3.53 Å². The highest BCUT2D eigenvalue weighted by molar-refractivity contribution is 8.47. The van der Waals surface area contributed by atoms with Crippen LogP contribution in [0.25, 0.3) is 0 Å². The third kappa shape index (κ3) is 5.03. The summed E-state index contributed by atoms with van der Waals surface area (Å²) in [4.78, 5) is 1.24. The Kier molecular flexibility index (Phi) is 6.32. The summed E-state index contributed by atoms with van der Waals surface area (Å²) in [5.41, 5.74) is 0. The van der Waals surface area contributed by atoms with E-state index in [9.17, 15) is 0 Å². The number of thiocarbonyl (C=S) groups is 1. The predicted octanol–water partition coefficient (Wildman–Crippen LogP) is 4.60. The third-order valence-electron chi connectivity index (χ3n) is 1.66. The minimum atomic E-state index is 1.03. The fourth-order valence-corrected chi connectivity index (χ4v) is 3.31. The highest BCUT2D eigenvalue weighted by atomic mass is 32.2. The Balaban J connectivity index is 2.27. The molecule has 14 heavy (non-hydrogen) atoms. The van der Waals surface area contributed by atoms with Crippen molar-refractivity contribution in [3.63, 3.8) is 0 Å². The quantitative estimate of drug-likeness (QED) is 0.430. The lowest BCUT2D eigenvalue weighted by molar-refractivity contribution is 0.898. The zero-order valence-electron chi connectivity index (χ0n) is 8.23. The van der Waals surface area contributed by atoms with Gasteiger partial charge >= 0.3 is 0 Å². The molecule has 0 saturated heterocycles. The van der Waals surface area contributed by atoms with E-state index in [2.05, 4.69) is 19.1 Å². The lowest BCUT2D eigenvalue weighted by atomic mass is 10.4. The van der Waals surface area contributed by atoms with Gasteiger partial charge in [0.25, 0.3) is 0 Å². The van der Waals surface area contributed by atoms with Crippen LogP contribution in [0.2, 0.25) is 0 Å². The highest BCUT2D eigenvalue weighted by Gasteiger charge is 1.99. The number of hydrogen-bond donors (Lipinski definition) is 0. The maximum absolute atomic E-state index is 5.28. The summed E-state index contributed by atoms with van der Waals surface area (Å²) in [7, 11) is 0. The lowest BCUT2D eigenvalue weighted by Crippen LogP contribution is -1.84. The average molecular weight is 242 g/mol. The van der Waals surface area contributed by atoms with Gasteiger partial charge in [0.15, 0.2) is 0 Å². The van der Waals surface area contributed by atoms with Crippen LogP contribution in [0.4, 0.5) is 0 Å². The second kappa shape index (κ2) is 7.32. The van der Waals surface area contributed by atoms with Crippen LogP contribution in [0.3, 0.4) is 0 Å². The summed E-state index contributed by atoms with van der Waals surface area (Å²) in [6.07, 6.45) is 2.49. The van der Waals surface area contributed by atoms with Gasteiger partial charge in [0.05, 0.1) is 0 Å². The molecule has 0 aromatic heterocycles. The fraction of sp³-hybridized carbons (Fsp3) is 0.364. The maximum atomic E-state index is 5.28. The average Bonchev–Trinajstić information content (AvgIpc) is 2.20. The normalized spacial score (nSPS) is 10.1. The summed E-state index contributed by atoms with van der Waals surface area (Å²) in [6.45, 7) is 2.20. The van der Waals surface area contributed by atoms with Gasteiger partial charge < -0.3 is 0 Å². The van der Waals surface area contributed by atoms with Crippen molar-refractivity contribution < 1.29 is 0 Å². The van der Waals surface area contributed by atoms with Crippen LogP contribution in [0.1, 0.15) is 19.8 Å². The molecular weight excluding hydrogens is 228 g/mol. The molecule has 0 bridgehead atoms. The fourth-order valence-electron chi connectivity index (χ4n) is 0.914. The van der Waals surface area contributed by atoms with Crippen molar-refractivity contribution in [3.8, 4) is 0 Å².